The monoisotopic (exact) mass is 429 g/mol. The Morgan fingerprint density at radius 1 is 0.667 bits per heavy atom. The van der Waals surface area contributed by atoms with E-state index in [0.29, 0.717) is 17.6 Å². The Kier molecular flexibility index (Phi) is 5.64. The number of carbonyl (C=O) groups excluding carboxylic acids is 1. The van der Waals surface area contributed by atoms with Crippen LogP contribution in [0.1, 0.15) is 17.3 Å². The summed E-state index contributed by atoms with van der Waals surface area (Å²) >= 11 is 0. The van der Waals surface area contributed by atoms with Crippen LogP contribution in [0.25, 0.3) is 33.5 Å². The molecule has 0 aliphatic carbocycles. The summed E-state index contributed by atoms with van der Waals surface area (Å²) in [5.41, 5.74) is 6.54. The van der Waals surface area contributed by atoms with Crippen LogP contribution < -0.4 is 4.90 Å². The van der Waals surface area contributed by atoms with Crippen molar-refractivity contribution in [3.63, 3.8) is 0 Å². The van der Waals surface area contributed by atoms with Crippen LogP contribution in [0, 0.1) is 0 Å². The minimum absolute atomic E-state index is 0.0548. The predicted molar refractivity (Wildman–Crippen MR) is 134 cm³/mol. The van der Waals surface area contributed by atoms with Crippen molar-refractivity contribution < 1.29 is 4.79 Å². The summed E-state index contributed by atoms with van der Waals surface area (Å²) < 4.78 is 0. The van der Waals surface area contributed by atoms with Crippen LogP contribution in [0.5, 0.6) is 0 Å². The Balaban J connectivity index is 1.63. The number of fused-ring (bicyclic) bond motifs is 1. The molecule has 4 aromatic carbocycles. The topological polar surface area (TPSA) is 46.1 Å². The van der Waals surface area contributed by atoms with Gasteiger partial charge in [-0.15, -0.1) is 0 Å². The van der Waals surface area contributed by atoms with Gasteiger partial charge in [0.05, 0.1) is 22.4 Å². The molecular formula is C29H23N3O. The molecule has 5 rings (SSSR count). The third kappa shape index (κ3) is 4.11. The molecule has 0 spiro atoms. The van der Waals surface area contributed by atoms with Gasteiger partial charge in [-0.25, -0.2) is 9.97 Å². The van der Waals surface area contributed by atoms with Crippen molar-refractivity contribution in [1.29, 1.82) is 0 Å². The Labute approximate surface area is 193 Å². The molecule has 0 radical (unpaired) electrons. The van der Waals surface area contributed by atoms with E-state index in [-0.39, 0.29) is 5.91 Å². The van der Waals surface area contributed by atoms with Gasteiger partial charge in [-0.05, 0) is 37.3 Å². The number of carbonyl (C=O) groups is 1. The lowest BCUT2D eigenvalue weighted by atomic mass is 10.0. The zero-order valence-corrected chi connectivity index (χ0v) is 18.3. The van der Waals surface area contributed by atoms with E-state index in [4.69, 9.17) is 9.97 Å². The molecule has 160 valence electrons. The lowest BCUT2D eigenvalue weighted by Gasteiger charge is -2.21. The Morgan fingerprint density at radius 3 is 1.73 bits per heavy atom. The second kappa shape index (κ2) is 9.05. The van der Waals surface area contributed by atoms with Gasteiger partial charge in [-0.3, -0.25) is 4.79 Å². The van der Waals surface area contributed by atoms with Crippen LogP contribution in [0.3, 0.4) is 0 Å². The van der Waals surface area contributed by atoms with Gasteiger partial charge in [-0.1, -0.05) is 78.9 Å². The summed E-state index contributed by atoms with van der Waals surface area (Å²) in [5, 5.41) is 0. The molecule has 0 N–H and O–H groups in total. The van der Waals surface area contributed by atoms with Crippen LogP contribution in [0.4, 0.5) is 5.69 Å². The van der Waals surface area contributed by atoms with Gasteiger partial charge in [0.15, 0.2) is 0 Å². The fraction of sp³-hybridized carbons (Fsp3) is 0.0690. The summed E-state index contributed by atoms with van der Waals surface area (Å²) in [6.45, 7) is 2.56. The summed E-state index contributed by atoms with van der Waals surface area (Å²) in [6, 6.07) is 35.4. The molecule has 0 aliphatic heterocycles. The van der Waals surface area contributed by atoms with Gasteiger partial charge < -0.3 is 4.90 Å². The van der Waals surface area contributed by atoms with Crippen LogP contribution in [-0.4, -0.2) is 22.4 Å². The first-order valence-corrected chi connectivity index (χ1v) is 11.0. The van der Waals surface area contributed by atoms with Gasteiger partial charge in [0.1, 0.15) is 0 Å². The molecular weight excluding hydrogens is 406 g/mol. The third-order valence-electron chi connectivity index (χ3n) is 5.63. The highest BCUT2D eigenvalue weighted by Gasteiger charge is 2.18. The number of amides is 1. The fourth-order valence-corrected chi connectivity index (χ4v) is 3.99. The lowest BCUT2D eigenvalue weighted by molar-refractivity contribution is 0.0988. The van der Waals surface area contributed by atoms with E-state index in [1.165, 1.54) is 0 Å². The highest BCUT2D eigenvalue weighted by Crippen LogP contribution is 2.31. The smallest absolute Gasteiger partial charge is 0.258 e. The maximum absolute atomic E-state index is 13.3. The Bertz CT molecular complexity index is 1400. The largest absolute Gasteiger partial charge is 0.309 e. The average molecular weight is 430 g/mol. The van der Waals surface area contributed by atoms with Crippen molar-refractivity contribution in [2.45, 2.75) is 6.92 Å². The summed E-state index contributed by atoms with van der Waals surface area (Å²) in [5.74, 6) is -0.0548. The van der Waals surface area contributed by atoms with E-state index >= 15 is 0 Å². The highest BCUT2D eigenvalue weighted by atomic mass is 16.2. The van der Waals surface area contributed by atoms with Crippen LogP contribution in [0.15, 0.2) is 109 Å². The Hall–Kier alpha value is -4.31. The highest BCUT2D eigenvalue weighted by molar-refractivity contribution is 6.07. The van der Waals surface area contributed by atoms with E-state index in [1.807, 2.05) is 116 Å². The van der Waals surface area contributed by atoms with Crippen molar-refractivity contribution in [2.75, 3.05) is 11.4 Å². The van der Waals surface area contributed by atoms with E-state index in [1.54, 1.807) is 4.90 Å². The molecule has 0 aliphatic rings. The summed E-state index contributed by atoms with van der Waals surface area (Å²) in [7, 11) is 0. The van der Waals surface area contributed by atoms with Gasteiger partial charge in [0.2, 0.25) is 0 Å². The first-order valence-electron chi connectivity index (χ1n) is 11.0. The molecule has 0 fully saturated rings. The summed E-state index contributed by atoms with van der Waals surface area (Å²) in [6.07, 6.45) is 0. The SMILES string of the molecule is CCN(C(=O)c1ccc2nc(-c3ccccc3)c(-c3ccccc3)nc2c1)c1ccccc1. The third-order valence-corrected chi connectivity index (χ3v) is 5.63. The number of rotatable bonds is 5. The normalized spacial score (nSPS) is 10.8. The number of benzene rings is 4. The molecule has 1 heterocycles. The second-order valence-electron chi connectivity index (χ2n) is 7.74. The number of aromatic nitrogens is 2. The number of hydrogen-bond acceptors (Lipinski definition) is 3. The molecule has 1 amide bonds. The van der Waals surface area contributed by atoms with Crippen LogP contribution in [0.2, 0.25) is 0 Å². The zero-order valence-electron chi connectivity index (χ0n) is 18.3. The molecule has 0 bridgehead atoms. The molecule has 4 heteroatoms. The van der Waals surface area contributed by atoms with Crippen molar-refractivity contribution in [2.24, 2.45) is 0 Å². The van der Waals surface area contributed by atoms with Crippen LogP contribution in [-0.2, 0) is 0 Å². The zero-order chi connectivity index (χ0) is 22.6. The molecule has 4 nitrogen and oxygen atoms in total. The first-order chi connectivity index (χ1) is 16.2. The predicted octanol–water partition coefficient (Wildman–Crippen LogP) is 6.63. The van der Waals surface area contributed by atoms with Crippen molar-refractivity contribution in [1.82, 2.24) is 9.97 Å². The standard InChI is InChI=1S/C29H23N3O/c1-2-32(24-16-10-5-11-17-24)29(33)23-18-19-25-26(20-23)31-28(22-14-8-4-9-15-22)27(30-25)21-12-6-3-7-13-21/h3-20H,2H2,1H3. The lowest BCUT2D eigenvalue weighted by Crippen LogP contribution is -2.30. The maximum atomic E-state index is 13.3. The molecule has 5 aromatic rings. The molecule has 33 heavy (non-hydrogen) atoms. The molecule has 0 unspecified atom stereocenters. The number of nitrogens with zero attached hydrogens (tertiary/aromatic N) is 3. The summed E-state index contributed by atoms with van der Waals surface area (Å²) in [4.78, 5) is 25.1. The van der Waals surface area contributed by atoms with Gasteiger partial charge >= 0.3 is 0 Å². The van der Waals surface area contributed by atoms with Crippen molar-refractivity contribution in [3.8, 4) is 22.5 Å². The van der Waals surface area contributed by atoms with Gasteiger partial charge in [-0.2, -0.15) is 0 Å². The minimum atomic E-state index is -0.0548. The van der Waals surface area contributed by atoms with Gasteiger partial charge in [0.25, 0.3) is 5.91 Å². The first kappa shape index (κ1) is 20.6. The number of anilines is 1. The van der Waals surface area contributed by atoms with E-state index in [0.717, 1.165) is 33.7 Å². The van der Waals surface area contributed by atoms with E-state index < -0.39 is 0 Å². The maximum Gasteiger partial charge on any atom is 0.258 e. The molecule has 0 saturated carbocycles. The van der Waals surface area contributed by atoms with Crippen LogP contribution >= 0.6 is 0 Å². The van der Waals surface area contributed by atoms with Gasteiger partial charge in [0, 0.05) is 28.9 Å². The molecule has 0 saturated heterocycles. The molecule has 0 atom stereocenters. The van der Waals surface area contributed by atoms with E-state index in [2.05, 4.69) is 0 Å². The number of para-hydroxylation sites is 1. The second-order valence-corrected chi connectivity index (χ2v) is 7.74. The van der Waals surface area contributed by atoms with Crippen molar-refractivity contribution >= 4 is 22.6 Å². The minimum Gasteiger partial charge on any atom is -0.309 e. The quantitative estimate of drug-likeness (QED) is 0.315. The Morgan fingerprint density at radius 2 is 1.18 bits per heavy atom. The van der Waals surface area contributed by atoms with Crippen molar-refractivity contribution in [3.05, 3.63) is 115 Å². The van der Waals surface area contributed by atoms with E-state index in [9.17, 15) is 4.79 Å². The average Bonchev–Trinajstić information content (AvgIpc) is 2.89. The number of hydrogen-bond donors (Lipinski definition) is 0. The molecule has 1 aromatic heterocycles. The fourth-order valence-electron chi connectivity index (χ4n) is 3.99.